The fourth-order valence-corrected chi connectivity index (χ4v) is 3.15. The molecular formula is C21H34N6O2. The molecule has 8 nitrogen and oxygen atoms in total. The van der Waals surface area contributed by atoms with Gasteiger partial charge in [0.15, 0.2) is 5.96 Å². The van der Waals surface area contributed by atoms with E-state index >= 15 is 0 Å². The number of guanidine groups is 1. The van der Waals surface area contributed by atoms with Gasteiger partial charge in [-0.2, -0.15) is 0 Å². The first-order chi connectivity index (χ1) is 13.8. The second kappa shape index (κ2) is 10.7. The van der Waals surface area contributed by atoms with Gasteiger partial charge in [0.2, 0.25) is 5.91 Å². The summed E-state index contributed by atoms with van der Waals surface area (Å²) in [6.45, 7) is 9.80. The van der Waals surface area contributed by atoms with Crippen LogP contribution in [0.2, 0.25) is 0 Å². The van der Waals surface area contributed by atoms with Crippen molar-refractivity contribution in [3.05, 3.63) is 29.8 Å². The van der Waals surface area contributed by atoms with Crippen LogP contribution in [-0.2, 0) is 11.3 Å². The quantitative estimate of drug-likeness (QED) is 0.433. The van der Waals surface area contributed by atoms with Gasteiger partial charge < -0.3 is 26.2 Å². The molecule has 29 heavy (non-hydrogen) atoms. The lowest BCUT2D eigenvalue weighted by Gasteiger charge is -2.20. The van der Waals surface area contributed by atoms with Crippen molar-refractivity contribution >= 4 is 23.6 Å². The number of carbonyl (C=O) groups excluding carboxylic acids is 2. The first kappa shape index (κ1) is 22.5. The van der Waals surface area contributed by atoms with Crippen molar-refractivity contribution in [3.8, 4) is 0 Å². The smallest absolute Gasteiger partial charge is 0.319 e. The van der Waals surface area contributed by atoms with Gasteiger partial charge in [0.05, 0.1) is 0 Å². The van der Waals surface area contributed by atoms with Crippen LogP contribution < -0.4 is 21.3 Å². The molecule has 3 amide bonds. The molecule has 0 saturated carbocycles. The summed E-state index contributed by atoms with van der Waals surface area (Å²) in [5.41, 5.74) is 1.82. The number of likely N-dealkylation sites (tertiary alicyclic amines) is 1. The Bertz CT molecular complexity index is 714. The zero-order valence-corrected chi connectivity index (χ0v) is 18.1. The van der Waals surface area contributed by atoms with Crippen LogP contribution in [0.5, 0.6) is 0 Å². The molecule has 8 heteroatoms. The number of amides is 3. The summed E-state index contributed by atoms with van der Waals surface area (Å²) in [4.78, 5) is 30.1. The molecule has 0 radical (unpaired) electrons. The van der Waals surface area contributed by atoms with E-state index in [1.165, 1.54) is 0 Å². The highest BCUT2D eigenvalue weighted by Crippen LogP contribution is 2.13. The molecule has 1 aliphatic rings. The summed E-state index contributed by atoms with van der Waals surface area (Å²) in [5.74, 6) is 0.945. The van der Waals surface area contributed by atoms with Gasteiger partial charge in [-0.15, -0.1) is 0 Å². The molecule has 0 bridgehead atoms. The van der Waals surface area contributed by atoms with E-state index in [9.17, 15) is 9.59 Å². The summed E-state index contributed by atoms with van der Waals surface area (Å²) in [6.07, 6.45) is 0.915. The molecule has 0 spiro atoms. The van der Waals surface area contributed by atoms with Crippen molar-refractivity contribution in [2.24, 2.45) is 10.9 Å². The minimum atomic E-state index is -0.211. The van der Waals surface area contributed by atoms with Gasteiger partial charge >= 0.3 is 6.03 Å². The molecule has 4 N–H and O–H groups in total. The Morgan fingerprint density at radius 1 is 1.17 bits per heavy atom. The van der Waals surface area contributed by atoms with Crippen molar-refractivity contribution < 1.29 is 9.59 Å². The van der Waals surface area contributed by atoms with Crippen molar-refractivity contribution in [1.82, 2.24) is 20.9 Å². The van der Waals surface area contributed by atoms with Crippen LogP contribution in [0.3, 0.4) is 0 Å². The van der Waals surface area contributed by atoms with Crippen LogP contribution in [0.15, 0.2) is 29.3 Å². The minimum Gasteiger partial charge on any atom is -0.352 e. The fraction of sp³-hybridized carbons (Fsp3) is 0.571. The predicted octanol–water partition coefficient (Wildman–Crippen LogP) is 2.14. The molecule has 1 aliphatic heterocycles. The number of benzene rings is 1. The lowest BCUT2D eigenvalue weighted by molar-refractivity contribution is -0.133. The molecule has 160 valence electrons. The molecule has 1 aromatic rings. The van der Waals surface area contributed by atoms with Crippen LogP contribution >= 0.6 is 0 Å². The van der Waals surface area contributed by atoms with Gasteiger partial charge in [-0.3, -0.25) is 9.79 Å². The lowest BCUT2D eigenvalue weighted by Crippen LogP contribution is -2.45. The van der Waals surface area contributed by atoms with E-state index in [1.807, 2.05) is 56.9 Å². The Kier molecular flexibility index (Phi) is 8.30. The van der Waals surface area contributed by atoms with Crippen molar-refractivity contribution in [2.45, 2.75) is 52.7 Å². The number of urea groups is 1. The van der Waals surface area contributed by atoms with Crippen LogP contribution in [0.4, 0.5) is 10.5 Å². The van der Waals surface area contributed by atoms with Crippen LogP contribution in [-0.4, -0.2) is 55.0 Å². The summed E-state index contributed by atoms with van der Waals surface area (Å²) < 4.78 is 0. The summed E-state index contributed by atoms with van der Waals surface area (Å²) in [5, 5.41) is 12.3. The van der Waals surface area contributed by atoms with E-state index in [2.05, 4.69) is 26.3 Å². The van der Waals surface area contributed by atoms with E-state index in [4.69, 9.17) is 0 Å². The molecule has 1 unspecified atom stereocenters. The Hall–Kier alpha value is -2.77. The van der Waals surface area contributed by atoms with Crippen LogP contribution in [0.25, 0.3) is 0 Å². The number of hydrogen-bond acceptors (Lipinski definition) is 3. The van der Waals surface area contributed by atoms with Gasteiger partial charge in [-0.1, -0.05) is 26.0 Å². The number of nitrogens with one attached hydrogen (secondary N) is 4. The van der Waals surface area contributed by atoms with Crippen molar-refractivity contribution in [2.75, 3.05) is 25.5 Å². The molecule has 1 saturated heterocycles. The van der Waals surface area contributed by atoms with Gasteiger partial charge in [0.25, 0.3) is 0 Å². The van der Waals surface area contributed by atoms with E-state index < -0.39 is 0 Å². The summed E-state index contributed by atoms with van der Waals surface area (Å²) >= 11 is 0. The number of nitrogens with zero attached hydrogens (tertiary/aromatic N) is 2. The van der Waals surface area contributed by atoms with E-state index in [0.29, 0.717) is 19.0 Å². The second-order valence-electron chi connectivity index (χ2n) is 7.94. The zero-order valence-electron chi connectivity index (χ0n) is 18.1. The largest absolute Gasteiger partial charge is 0.352 e. The monoisotopic (exact) mass is 402 g/mol. The maximum atomic E-state index is 12.1. The molecule has 1 fully saturated rings. The van der Waals surface area contributed by atoms with Gasteiger partial charge in [0.1, 0.15) is 0 Å². The Morgan fingerprint density at radius 3 is 2.45 bits per heavy atom. The molecule has 0 aliphatic carbocycles. The van der Waals surface area contributed by atoms with Gasteiger partial charge in [-0.05, 0) is 38.0 Å². The Morgan fingerprint density at radius 2 is 1.86 bits per heavy atom. The second-order valence-corrected chi connectivity index (χ2v) is 7.94. The third kappa shape index (κ3) is 7.29. The number of hydrogen-bond donors (Lipinski definition) is 4. The predicted molar refractivity (Wildman–Crippen MR) is 117 cm³/mol. The standard InChI is InChI=1S/C21H34N6O2/c1-14(2)19(28)27-11-10-18(13-27)25-20(22-5)23-12-16-6-8-17(9-7-16)26-21(29)24-15(3)4/h6-9,14-15,18H,10-13H2,1-5H3,(H2,22,23,25)(H2,24,26,29). The molecule has 1 heterocycles. The van der Waals surface area contributed by atoms with Crippen LogP contribution in [0.1, 0.15) is 39.7 Å². The Balaban J connectivity index is 1.79. The third-order valence-electron chi connectivity index (χ3n) is 4.65. The normalized spacial score (nSPS) is 16.9. The Labute approximate surface area is 173 Å². The number of anilines is 1. The molecule has 2 rings (SSSR count). The average Bonchev–Trinajstić information content (AvgIpc) is 3.13. The van der Waals surface area contributed by atoms with E-state index in [0.717, 1.165) is 24.2 Å². The maximum Gasteiger partial charge on any atom is 0.319 e. The number of aliphatic imine (C=N–C) groups is 1. The van der Waals surface area contributed by atoms with Gasteiger partial charge in [-0.25, -0.2) is 4.79 Å². The highest BCUT2D eigenvalue weighted by atomic mass is 16.2. The average molecular weight is 403 g/mol. The minimum absolute atomic E-state index is 0.0279. The highest BCUT2D eigenvalue weighted by Gasteiger charge is 2.27. The molecule has 1 aromatic carbocycles. The molecular weight excluding hydrogens is 368 g/mol. The van der Waals surface area contributed by atoms with Crippen molar-refractivity contribution in [3.63, 3.8) is 0 Å². The van der Waals surface area contributed by atoms with Gasteiger partial charge in [0, 0.05) is 50.4 Å². The summed E-state index contributed by atoms with van der Waals surface area (Å²) in [7, 11) is 1.74. The molecule has 0 aromatic heterocycles. The SMILES string of the molecule is CN=C(NCc1ccc(NC(=O)NC(C)C)cc1)NC1CCN(C(=O)C(C)C)C1. The van der Waals surface area contributed by atoms with Crippen LogP contribution in [0, 0.1) is 5.92 Å². The first-order valence-electron chi connectivity index (χ1n) is 10.2. The maximum absolute atomic E-state index is 12.1. The fourth-order valence-electron chi connectivity index (χ4n) is 3.15. The number of carbonyl (C=O) groups is 2. The topological polar surface area (TPSA) is 97.9 Å². The molecule has 1 atom stereocenters. The zero-order chi connectivity index (χ0) is 21.4. The number of rotatable bonds is 6. The van der Waals surface area contributed by atoms with Crippen molar-refractivity contribution in [1.29, 1.82) is 0 Å². The highest BCUT2D eigenvalue weighted by molar-refractivity contribution is 5.89. The first-order valence-corrected chi connectivity index (χ1v) is 10.2. The lowest BCUT2D eigenvalue weighted by atomic mass is 10.2. The van der Waals surface area contributed by atoms with E-state index in [-0.39, 0.29) is 29.9 Å². The third-order valence-corrected chi connectivity index (χ3v) is 4.65. The summed E-state index contributed by atoms with van der Waals surface area (Å²) in [6, 6.07) is 7.76. The van der Waals surface area contributed by atoms with E-state index in [1.54, 1.807) is 7.05 Å².